The first-order chi connectivity index (χ1) is 9.72. The van der Waals surface area contributed by atoms with Crippen molar-refractivity contribution >= 4 is 28.1 Å². The molecule has 1 aromatic carbocycles. The zero-order valence-corrected chi connectivity index (χ0v) is 12.4. The molecule has 20 heavy (non-hydrogen) atoms. The lowest BCUT2D eigenvalue weighted by molar-refractivity contribution is 0.795. The molecule has 1 unspecified atom stereocenters. The van der Waals surface area contributed by atoms with E-state index in [1.54, 1.807) is 6.33 Å². The smallest absolute Gasteiger partial charge is 0.137 e. The molecule has 2 aromatic heterocycles. The van der Waals surface area contributed by atoms with Crippen molar-refractivity contribution in [2.45, 2.75) is 26.3 Å². The summed E-state index contributed by atoms with van der Waals surface area (Å²) in [6.07, 6.45) is 2.63. The average molecular weight is 283 g/mol. The third kappa shape index (κ3) is 2.80. The van der Waals surface area contributed by atoms with Gasteiger partial charge in [-0.05, 0) is 38.1 Å². The van der Waals surface area contributed by atoms with Crippen molar-refractivity contribution in [3.63, 3.8) is 0 Å². The van der Waals surface area contributed by atoms with Crippen LogP contribution >= 0.6 is 11.3 Å². The molecule has 3 nitrogen and oxygen atoms in total. The van der Waals surface area contributed by atoms with Gasteiger partial charge >= 0.3 is 0 Å². The van der Waals surface area contributed by atoms with Gasteiger partial charge in [0.25, 0.3) is 0 Å². The van der Waals surface area contributed by atoms with Crippen molar-refractivity contribution in [2.24, 2.45) is 0 Å². The molecule has 0 amide bonds. The number of benzene rings is 1. The molecule has 0 aliphatic carbocycles. The summed E-state index contributed by atoms with van der Waals surface area (Å²) >= 11 is 1.86. The number of aromatic nitrogens is 2. The van der Waals surface area contributed by atoms with Crippen LogP contribution in [0, 0.1) is 6.92 Å². The standard InChI is InChI=1S/C16H17N3S/c1-11(9-13-8-7-12(2)20-13)19-16-14-5-3-4-6-15(14)17-10-18-16/h3-8,10-11H,9H2,1-2H3,(H,17,18,19). The number of hydrogen-bond donors (Lipinski definition) is 1. The van der Waals surface area contributed by atoms with Gasteiger partial charge in [-0.3, -0.25) is 0 Å². The minimum absolute atomic E-state index is 0.339. The molecule has 2 heterocycles. The summed E-state index contributed by atoms with van der Waals surface area (Å²) in [5.74, 6) is 0.913. The highest BCUT2D eigenvalue weighted by molar-refractivity contribution is 7.11. The molecule has 0 aliphatic rings. The minimum atomic E-state index is 0.339. The van der Waals surface area contributed by atoms with Gasteiger partial charge in [0.05, 0.1) is 5.52 Å². The number of anilines is 1. The van der Waals surface area contributed by atoms with Crippen molar-refractivity contribution in [1.82, 2.24) is 9.97 Å². The van der Waals surface area contributed by atoms with Crippen LogP contribution in [0.1, 0.15) is 16.7 Å². The number of fused-ring (bicyclic) bond motifs is 1. The Kier molecular flexibility index (Phi) is 3.65. The molecule has 4 heteroatoms. The molecular formula is C16H17N3S. The van der Waals surface area contributed by atoms with E-state index in [0.29, 0.717) is 6.04 Å². The van der Waals surface area contributed by atoms with Crippen LogP contribution in [0.2, 0.25) is 0 Å². The maximum atomic E-state index is 4.37. The van der Waals surface area contributed by atoms with Gasteiger partial charge in [-0.15, -0.1) is 11.3 Å². The summed E-state index contributed by atoms with van der Waals surface area (Å²) in [5.41, 5.74) is 0.976. The highest BCUT2D eigenvalue weighted by Gasteiger charge is 2.08. The monoisotopic (exact) mass is 283 g/mol. The van der Waals surface area contributed by atoms with Crippen molar-refractivity contribution in [3.8, 4) is 0 Å². The normalized spacial score (nSPS) is 12.5. The highest BCUT2D eigenvalue weighted by atomic mass is 32.1. The highest BCUT2D eigenvalue weighted by Crippen LogP contribution is 2.21. The van der Waals surface area contributed by atoms with Crippen molar-refractivity contribution in [1.29, 1.82) is 0 Å². The van der Waals surface area contributed by atoms with E-state index in [2.05, 4.69) is 47.3 Å². The first-order valence-corrected chi connectivity index (χ1v) is 7.55. The summed E-state index contributed by atoms with van der Waals surface area (Å²) in [6, 6.07) is 12.8. The summed E-state index contributed by atoms with van der Waals surface area (Å²) in [7, 11) is 0. The zero-order chi connectivity index (χ0) is 13.9. The summed E-state index contributed by atoms with van der Waals surface area (Å²) < 4.78 is 0. The number of thiophene rings is 1. The molecule has 0 spiro atoms. The molecule has 0 saturated heterocycles. The largest absolute Gasteiger partial charge is 0.367 e. The molecular weight excluding hydrogens is 266 g/mol. The van der Waals surface area contributed by atoms with Crippen LogP contribution in [0.4, 0.5) is 5.82 Å². The van der Waals surface area contributed by atoms with Gasteiger partial charge in [0.15, 0.2) is 0 Å². The number of nitrogens with one attached hydrogen (secondary N) is 1. The minimum Gasteiger partial charge on any atom is -0.367 e. The lowest BCUT2D eigenvalue weighted by Gasteiger charge is -2.14. The second-order valence-electron chi connectivity index (χ2n) is 5.00. The maximum absolute atomic E-state index is 4.37. The predicted octanol–water partition coefficient (Wildman–Crippen LogP) is 4.04. The van der Waals surface area contributed by atoms with E-state index in [4.69, 9.17) is 0 Å². The van der Waals surface area contributed by atoms with Gasteiger partial charge in [0.2, 0.25) is 0 Å². The number of rotatable bonds is 4. The predicted molar refractivity (Wildman–Crippen MR) is 85.4 cm³/mol. The van der Waals surface area contributed by atoms with Crippen LogP contribution in [0.3, 0.4) is 0 Å². The van der Waals surface area contributed by atoms with E-state index in [0.717, 1.165) is 23.1 Å². The van der Waals surface area contributed by atoms with E-state index in [9.17, 15) is 0 Å². The van der Waals surface area contributed by atoms with Gasteiger partial charge in [0.1, 0.15) is 12.1 Å². The Labute approximate surface area is 122 Å². The van der Waals surface area contributed by atoms with Crippen LogP contribution in [-0.4, -0.2) is 16.0 Å². The third-order valence-corrected chi connectivity index (χ3v) is 4.25. The van der Waals surface area contributed by atoms with Crippen molar-refractivity contribution < 1.29 is 0 Å². The second-order valence-corrected chi connectivity index (χ2v) is 6.37. The second kappa shape index (κ2) is 5.59. The molecule has 3 rings (SSSR count). The van der Waals surface area contributed by atoms with Gasteiger partial charge < -0.3 is 5.32 Å². The fourth-order valence-electron chi connectivity index (χ4n) is 2.30. The van der Waals surface area contributed by atoms with E-state index >= 15 is 0 Å². The average Bonchev–Trinajstić information content (AvgIpc) is 2.84. The fraction of sp³-hybridized carbons (Fsp3) is 0.250. The summed E-state index contributed by atoms with van der Waals surface area (Å²) in [4.78, 5) is 11.4. The summed E-state index contributed by atoms with van der Waals surface area (Å²) in [5, 5.41) is 4.57. The Balaban J connectivity index is 1.79. The Hall–Kier alpha value is -1.94. The number of para-hydroxylation sites is 1. The van der Waals surface area contributed by atoms with E-state index in [1.165, 1.54) is 9.75 Å². The molecule has 102 valence electrons. The molecule has 1 N–H and O–H groups in total. The number of hydrogen-bond acceptors (Lipinski definition) is 4. The van der Waals surface area contributed by atoms with Crippen LogP contribution in [-0.2, 0) is 6.42 Å². The summed E-state index contributed by atoms with van der Waals surface area (Å²) in [6.45, 7) is 4.33. The molecule has 1 atom stereocenters. The van der Waals surface area contributed by atoms with Crippen molar-refractivity contribution in [3.05, 3.63) is 52.5 Å². The molecule has 0 bridgehead atoms. The van der Waals surface area contributed by atoms with Crippen LogP contribution in [0.5, 0.6) is 0 Å². The SMILES string of the molecule is Cc1ccc(CC(C)Nc2ncnc3ccccc23)s1. The van der Waals surface area contributed by atoms with Crippen LogP contribution < -0.4 is 5.32 Å². The van der Waals surface area contributed by atoms with Crippen LogP contribution in [0.15, 0.2) is 42.7 Å². The van der Waals surface area contributed by atoms with Crippen molar-refractivity contribution in [2.75, 3.05) is 5.32 Å². The quantitative estimate of drug-likeness (QED) is 0.785. The molecule has 0 fully saturated rings. The Morgan fingerprint density at radius 1 is 1.15 bits per heavy atom. The number of nitrogens with zero attached hydrogens (tertiary/aromatic N) is 2. The first-order valence-electron chi connectivity index (χ1n) is 6.74. The van der Waals surface area contributed by atoms with E-state index in [1.807, 2.05) is 29.5 Å². The first kappa shape index (κ1) is 13.1. The molecule has 0 radical (unpaired) electrons. The topological polar surface area (TPSA) is 37.8 Å². The van der Waals surface area contributed by atoms with Gasteiger partial charge in [-0.25, -0.2) is 9.97 Å². The zero-order valence-electron chi connectivity index (χ0n) is 11.6. The third-order valence-electron chi connectivity index (χ3n) is 3.23. The van der Waals surface area contributed by atoms with E-state index in [-0.39, 0.29) is 0 Å². The van der Waals surface area contributed by atoms with E-state index < -0.39 is 0 Å². The molecule has 3 aromatic rings. The van der Waals surface area contributed by atoms with Gasteiger partial charge in [-0.2, -0.15) is 0 Å². The number of aryl methyl sites for hydroxylation is 1. The lowest BCUT2D eigenvalue weighted by atomic mass is 10.2. The lowest BCUT2D eigenvalue weighted by Crippen LogP contribution is -2.18. The van der Waals surface area contributed by atoms with Gasteiger partial charge in [-0.1, -0.05) is 12.1 Å². The Morgan fingerprint density at radius 2 is 2.00 bits per heavy atom. The maximum Gasteiger partial charge on any atom is 0.137 e. The van der Waals surface area contributed by atoms with Gasteiger partial charge in [0, 0.05) is 27.6 Å². The Bertz CT molecular complexity index is 715. The fourth-order valence-corrected chi connectivity index (χ4v) is 3.32. The molecule has 0 saturated carbocycles. The van der Waals surface area contributed by atoms with Crippen LogP contribution in [0.25, 0.3) is 10.9 Å². The Morgan fingerprint density at radius 3 is 2.80 bits per heavy atom. The molecule has 0 aliphatic heterocycles.